The molecule has 5 heterocycles. The average molecular weight is 456 g/mol. The van der Waals surface area contributed by atoms with Crippen molar-refractivity contribution in [1.29, 1.82) is 0 Å². The van der Waals surface area contributed by atoms with Gasteiger partial charge in [0.15, 0.2) is 11.5 Å². The normalized spacial score (nSPS) is 14.2. The predicted octanol–water partition coefficient (Wildman–Crippen LogP) is 3.73. The number of anilines is 1. The lowest BCUT2D eigenvalue weighted by atomic mass is 9.99. The van der Waals surface area contributed by atoms with Gasteiger partial charge in [0.05, 0.1) is 5.69 Å². The van der Waals surface area contributed by atoms with Crippen molar-refractivity contribution in [2.75, 3.05) is 11.4 Å². The first kappa shape index (κ1) is 21.4. The maximum absolute atomic E-state index is 13.4. The molecule has 1 aliphatic rings. The third-order valence-electron chi connectivity index (χ3n) is 6.46. The van der Waals surface area contributed by atoms with E-state index in [1.54, 1.807) is 6.92 Å². The van der Waals surface area contributed by atoms with Gasteiger partial charge in [-0.25, -0.2) is 0 Å². The first-order valence-corrected chi connectivity index (χ1v) is 10.6. The van der Waals surface area contributed by atoms with Crippen molar-refractivity contribution in [2.45, 2.75) is 46.8 Å². The number of hydrogen-bond acceptors (Lipinski definition) is 6. The van der Waals surface area contributed by atoms with Crippen molar-refractivity contribution >= 4 is 11.5 Å². The summed E-state index contributed by atoms with van der Waals surface area (Å²) in [7, 11) is 1.91. The number of fused-ring (bicyclic) bond motifs is 2. The molecule has 1 aliphatic heterocycles. The van der Waals surface area contributed by atoms with Gasteiger partial charge in [0, 0.05) is 66.4 Å². The summed E-state index contributed by atoms with van der Waals surface area (Å²) in [6, 6.07) is 2.10. The molecule has 0 aromatic carbocycles. The van der Waals surface area contributed by atoms with Crippen molar-refractivity contribution in [2.24, 2.45) is 7.05 Å². The summed E-state index contributed by atoms with van der Waals surface area (Å²) in [5.74, 6) is -0.624. The molecule has 33 heavy (non-hydrogen) atoms. The van der Waals surface area contributed by atoms with E-state index in [1.165, 1.54) is 0 Å². The summed E-state index contributed by atoms with van der Waals surface area (Å²) in [4.78, 5) is 6.68. The Kier molecular flexibility index (Phi) is 4.69. The van der Waals surface area contributed by atoms with Gasteiger partial charge in [0.25, 0.3) is 5.82 Å². The molecule has 0 radical (unpaired) electrons. The fourth-order valence-corrected chi connectivity index (χ4v) is 4.53. The fourth-order valence-electron chi connectivity index (χ4n) is 4.53. The summed E-state index contributed by atoms with van der Waals surface area (Å²) in [5, 5.41) is 15.9. The van der Waals surface area contributed by atoms with Gasteiger partial charge >= 0.3 is 6.18 Å². The molecule has 4 aromatic heterocycles. The molecule has 5 rings (SSSR count). The highest BCUT2D eigenvalue weighted by Crippen LogP contribution is 2.33. The first-order chi connectivity index (χ1) is 15.6. The number of aryl methyl sites for hydroxylation is 3. The van der Waals surface area contributed by atoms with Crippen LogP contribution in [0.25, 0.3) is 16.8 Å². The van der Waals surface area contributed by atoms with E-state index in [1.807, 2.05) is 43.6 Å². The minimum atomic E-state index is -4.64. The van der Waals surface area contributed by atoms with Crippen LogP contribution < -0.4 is 4.90 Å². The molecule has 0 unspecified atom stereocenters. The molecule has 0 saturated heterocycles. The Labute approximate surface area is 188 Å². The molecule has 0 amide bonds. The third-order valence-corrected chi connectivity index (χ3v) is 6.46. The molecular formula is C22H23F3N8. The lowest BCUT2D eigenvalue weighted by Crippen LogP contribution is -2.33. The van der Waals surface area contributed by atoms with Crippen LogP contribution >= 0.6 is 0 Å². The zero-order valence-electron chi connectivity index (χ0n) is 19.0. The summed E-state index contributed by atoms with van der Waals surface area (Å²) >= 11 is 0. The van der Waals surface area contributed by atoms with Gasteiger partial charge in [0.1, 0.15) is 0 Å². The number of hydrogen-bond donors (Lipinski definition) is 0. The van der Waals surface area contributed by atoms with Crippen molar-refractivity contribution < 1.29 is 13.2 Å². The number of alkyl halides is 3. The molecule has 4 aromatic rings. The van der Waals surface area contributed by atoms with Gasteiger partial charge in [0.2, 0.25) is 0 Å². The van der Waals surface area contributed by atoms with Gasteiger partial charge in [-0.15, -0.1) is 15.3 Å². The standard InChI is InChI=1S/C22H23F3N8/c1-11-12(2)20(30-33-19(11)27-28-21(33)22(23,24)25)32-7-6-17-16(10-32)8-15(9-26-17)18-13(3)29-31(5)14(18)4/h8-9H,6-7,10H2,1-5H3. The molecule has 0 N–H and O–H groups in total. The summed E-state index contributed by atoms with van der Waals surface area (Å²) in [6.07, 6.45) is -2.09. The highest BCUT2D eigenvalue weighted by atomic mass is 19.4. The second-order valence-electron chi connectivity index (χ2n) is 8.50. The van der Waals surface area contributed by atoms with E-state index in [0.29, 0.717) is 30.9 Å². The van der Waals surface area contributed by atoms with E-state index in [4.69, 9.17) is 0 Å². The number of rotatable bonds is 2. The van der Waals surface area contributed by atoms with Gasteiger partial charge in [-0.1, -0.05) is 0 Å². The topological polar surface area (TPSA) is 77.0 Å². The summed E-state index contributed by atoms with van der Waals surface area (Å²) in [6.45, 7) is 8.69. The molecule has 172 valence electrons. The van der Waals surface area contributed by atoms with E-state index in [2.05, 4.69) is 31.4 Å². The smallest absolute Gasteiger partial charge is 0.350 e. The van der Waals surface area contributed by atoms with Crippen LogP contribution in [0.2, 0.25) is 0 Å². The second-order valence-corrected chi connectivity index (χ2v) is 8.50. The van der Waals surface area contributed by atoms with Crippen molar-refractivity contribution in [1.82, 2.24) is 34.6 Å². The van der Waals surface area contributed by atoms with Crippen molar-refractivity contribution in [3.8, 4) is 11.1 Å². The number of pyridine rings is 1. The van der Waals surface area contributed by atoms with Crippen LogP contribution in [0.3, 0.4) is 0 Å². The van der Waals surface area contributed by atoms with Crippen molar-refractivity contribution in [3.63, 3.8) is 0 Å². The van der Waals surface area contributed by atoms with Crippen LogP contribution in [0.5, 0.6) is 0 Å². The fraction of sp³-hybridized carbons (Fsp3) is 0.409. The number of aromatic nitrogens is 7. The van der Waals surface area contributed by atoms with Gasteiger partial charge in [-0.05, 0) is 39.3 Å². The van der Waals surface area contributed by atoms with E-state index >= 15 is 0 Å². The lowest BCUT2D eigenvalue weighted by Gasteiger charge is -2.31. The van der Waals surface area contributed by atoms with Crippen LogP contribution in [-0.2, 0) is 26.2 Å². The molecule has 0 bridgehead atoms. The van der Waals surface area contributed by atoms with Gasteiger partial charge < -0.3 is 4.90 Å². The molecule has 0 aliphatic carbocycles. The molecule has 8 nitrogen and oxygen atoms in total. The SMILES string of the molecule is Cc1nn(C)c(C)c1-c1cnc2c(c1)CN(c1nn3c(C(F)(F)F)nnc3c(C)c1C)CC2. The van der Waals surface area contributed by atoms with Gasteiger partial charge in [-0.3, -0.25) is 9.67 Å². The van der Waals surface area contributed by atoms with E-state index in [-0.39, 0.29) is 5.65 Å². The lowest BCUT2D eigenvalue weighted by molar-refractivity contribution is -0.146. The van der Waals surface area contributed by atoms with Crippen LogP contribution in [0.15, 0.2) is 12.3 Å². The average Bonchev–Trinajstić information content (AvgIpc) is 3.30. The number of nitrogens with zero attached hydrogens (tertiary/aromatic N) is 8. The Morgan fingerprint density at radius 1 is 1.00 bits per heavy atom. The Morgan fingerprint density at radius 3 is 2.42 bits per heavy atom. The van der Waals surface area contributed by atoms with Crippen LogP contribution in [-0.4, -0.2) is 41.1 Å². The van der Waals surface area contributed by atoms with Crippen LogP contribution in [0.1, 0.15) is 39.6 Å². The molecule has 0 atom stereocenters. The van der Waals surface area contributed by atoms with E-state index < -0.39 is 12.0 Å². The minimum absolute atomic E-state index is 0.118. The first-order valence-electron chi connectivity index (χ1n) is 10.6. The molecule has 0 fully saturated rings. The summed E-state index contributed by atoms with van der Waals surface area (Å²) in [5.41, 5.74) is 7.56. The zero-order chi connectivity index (χ0) is 23.7. The van der Waals surface area contributed by atoms with Crippen LogP contribution in [0, 0.1) is 27.7 Å². The Bertz CT molecular complexity index is 1400. The zero-order valence-corrected chi connectivity index (χ0v) is 19.0. The van der Waals surface area contributed by atoms with Crippen molar-refractivity contribution in [3.05, 3.63) is 51.9 Å². The maximum Gasteiger partial charge on any atom is 0.453 e. The molecule has 11 heteroatoms. The predicted molar refractivity (Wildman–Crippen MR) is 116 cm³/mol. The Balaban J connectivity index is 1.57. The largest absolute Gasteiger partial charge is 0.453 e. The van der Waals surface area contributed by atoms with E-state index in [9.17, 15) is 13.2 Å². The Morgan fingerprint density at radius 2 is 1.76 bits per heavy atom. The Hall–Kier alpha value is -3.50. The highest BCUT2D eigenvalue weighted by Gasteiger charge is 2.38. The van der Waals surface area contributed by atoms with Gasteiger partial charge in [-0.2, -0.15) is 22.8 Å². The second kappa shape index (κ2) is 7.26. The number of halogens is 3. The summed E-state index contributed by atoms with van der Waals surface area (Å²) < 4.78 is 43.0. The minimum Gasteiger partial charge on any atom is -0.350 e. The van der Waals surface area contributed by atoms with Crippen LogP contribution in [0.4, 0.5) is 19.0 Å². The third kappa shape index (κ3) is 3.33. The molecule has 0 saturated carbocycles. The monoisotopic (exact) mass is 456 g/mol. The quantitative estimate of drug-likeness (QED) is 0.458. The highest BCUT2D eigenvalue weighted by molar-refractivity contribution is 5.69. The molecule has 0 spiro atoms. The molecular weight excluding hydrogens is 433 g/mol. The van der Waals surface area contributed by atoms with E-state index in [0.717, 1.165) is 43.9 Å². The maximum atomic E-state index is 13.4.